The van der Waals surface area contributed by atoms with Crippen molar-refractivity contribution in [2.24, 2.45) is 5.73 Å². The number of imide groups is 1. The lowest BCUT2D eigenvalue weighted by Crippen LogP contribution is -2.36. The van der Waals surface area contributed by atoms with E-state index in [-0.39, 0.29) is 36.0 Å². The van der Waals surface area contributed by atoms with Gasteiger partial charge in [-0.3, -0.25) is 14.9 Å². The van der Waals surface area contributed by atoms with Crippen LogP contribution in [0.5, 0.6) is 5.75 Å². The van der Waals surface area contributed by atoms with Gasteiger partial charge in [-0.15, -0.1) is 0 Å². The topological polar surface area (TPSA) is 132 Å². The zero-order valence-electron chi connectivity index (χ0n) is 13.6. The second-order valence-corrected chi connectivity index (χ2v) is 5.18. The fourth-order valence-corrected chi connectivity index (χ4v) is 2.01. The van der Waals surface area contributed by atoms with Gasteiger partial charge < -0.3 is 15.6 Å². The first-order valence-corrected chi connectivity index (χ1v) is 7.55. The molecular formula is C17H16FN3O5. The highest BCUT2D eigenvalue weighted by molar-refractivity contribution is 6.05. The number of hydrogen-bond donors (Lipinski definition) is 3. The largest absolute Gasteiger partial charge is 0.491 e. The highest BCUT2D eigenvalue weighted by Gasteiger charge is 2.19. The molecule has 2 aromatic rings. The first kappa shape index (κ1) is 19.0. The van der Waals surface area contributed by atoms with Crippen molar-refractivity contribution in [3.63, 3.8) is 0 Å². The Morgan fingerprint density at radius 1 is 1.23 bits per heavy atom. The Morgan fingerprint density at radius 3 is 2.54 bits per heavy atom. The molecule has 0 bridgehead atoms. The van der Waals surface area contributed by atoms with Gasteiger partial charge in [0.2, 0.25) is 5.91 Å². The number of benzene rings is 1. The van der Waals surface area contributed by atoms with Gasteiger partial charge in [0.1, 0.15) is 5.82 Å². The van der Waals surface area contributed by atoms with Crippen LogP contribution in [0.25, 0.3) is 0 Å². The molecule has 0 aliphatic carbocycles. The third kappa shape index (κ3) is 5.08. The number of aromatic carboxylic acids is 1. The van der Waals surface area contributed by atoms with Crippen LogP contribution in [0, 0.1) is 5.82 Å². The zero-order chi connectivity index (χ0) is 19.1. The highest BCUT2D eigenvalue weighted by Crippen LogP contribution is 2.19. The van der Waals surface area contributed by atoms with Crippen LogP contribution in [-0.4, -0.2) is 41.0 Å². The van der Waals surface area contributed by atoms with Crippen molar-refractivity contribution in [2.45, 2.75) is 6.42 Å². The standard InChI is InChI=1S/C17H16FN3O5/c18-12-3-1-10(2-4-12)5-6-26-13-7-11(17(24)25)9-20-15(13)16(23)21-14(22)8-19/h1-4,7,9H,5-6,8,19H2,(H,24,25)(H,21,22,23). The van der Waals surface area contributed by atoms with E-state index in [1.807, 2.05) is 5.32 Å². The molecule has 0 radical (unpaired) electrons. The Balaban J connectivity index is 2.15. The number of nitrogens with two attached hydrogens (primary N) is 1. The molecule has 136 valence electrons. The third-order valence-corrected chi connectivity index (χ3v) is 3.31. The number of halogens is 1. The second kappa shape index (κ2) is 8.67. The lowest BCUT2D eigenvalue weighted by molar-refractivity contribution is -0.118. The lowest BCUT2D eigenvalue weighted by atomic mass is 10.1. The first-order chi connectivity index (χ1) is 12.4. The predicted octanol–water partition coefficient (Wildman–Crippen LogP) is 0.756. The molecule has 0 atom stereocenters. The number of hydrogen-bond acceptors (Lipinski definition) is 6. The Morgan fingerprint density at radius 2 is 1.92 bits per heavy atom. The van der Waals surface area contributed by atoms with Crippen LogP contribution >= 0.6 is 0 Å². The molecule has 0 saturated carbocycles. The number of carboxylic acid groups (broad SMARTS) is 1. The summed E-state index contributed by atoms with van der Waals surface area (Å²) in [5.74, 6) is -3.26. The summed E-state index contributed by atoms with van der Waals surface area (Å²) in [6.45, 7) is -0.304. The molecule has 0 saturated heterocycles. The van der Waals surface area contributed by atoms with Crippen molar-refractivity contribution in [2.75, 3.05) is 13.2 Å². The van der Waals surface area contributed by atoms with Crippen LogP contribution in [0.1, 0.15) is 26.4 Å². The number of amides is 2. The summed E-state index contributed by atoms with van der Waals surface area (Å²) in [6, 6.07) is 6.91. The van der Waals surface area contributed by atoms with Gasteiger partial charge >= 0.3 is 5.97 Å². The van der Waals surface area contributed by atoms with E-state index in [4.69, 9.17) is 15.6 Å². The second-order valence-electron chi connectivity index (χ2n) is 5.18. The Bertz CT molecular complexity index is 824. The molecule has 0 spiro atoms. The summed E-state index contributed by atoms with van der Waals surface area (Å²) in [6.07, 6.45) is 1.37. The van der Waals surface area contributed by atoms with E-state index in [1.54, 1.807) is 12.1 Å². The summed E-state index contributed by atoms with van der Waals surface area (Å²) in [7, 11) is 0. The lowest BCUT2D eigenvalue weighted by Gasteiger charge is -2.11. The van der Waals surface area contributed by atoms with Gasteiger partial charge in [0.15, 0.2) is 11.4 Å². The number of nitrogens with zero attached hydrogens (tertiary/aromatic N) is 1. The maximum Gasteiger partial charge on any atom is 0.337 e. The molecule has 0 aliphatic rings. The Labute approximate surface area is 147 Å². The Kier molecular flexibility index (Phi) is 6.34. The number of carbonyl (C=O) groups is 3. The number of ether oxygens (including phenoxy) is 1. The minimum Gasteiger partial charge on any atom is -0.491 e. The predicted molar refractivity (Wildman–Crippen MR) is 88.3 cm³/mol. The normalized spacial score (nSPS) is 10.2. The van der Waals surface area contributed by atoms with Crippen molar-refractivity contribution in [3.05, 3.63) is 59.2 Å². The molecule has 1 aromatic carbocycles. The van der Waals surface area contributed by atoms with E-state index in [2.05, 4.69) is 4.98 Å². The number of carboxylic acids is 1. The van der Waals surface area contributed by atoms with Crippen LogP contribution in [0.2, 0.25) is 0 Å². The quantitative estimate of drug-likeness (QED) is 0.663. The van der Waals surface area contributed by atoms with Gasteiger partial charge in [-0.1, -0.05) is 12.1 Å². The molecule has 26 heavy (non-hydrogen) atoms. The number of aromatic nitrogens is 1. The van der Waals surface area contributed by atoms with Crippen LogP contribution in [-0.2, 0) is 11.2 Å². The first-order valence-electron chi connectivity index (χ1n) is 7.55. The minimum atomic E-state index is -1.24. The van der Waals surface area contributed by atoms with Crippen molar-refractivity contribution in [1.29, 1.82) is 0 Å². The van der Waals surface area contributed by atoms with Crippen molar-refractivity contribution >= 4 is 17.8 Å². The molecule has 2 rings (SSSR count). The van der Waals surface area contributed by atoms with Crippen molar-refractivity contribution < 1.29 is 28.6 Å². The molecule has 0 unspecified atom stereocenters. The Hall–Kier alpha value is -3.33. The number of nitrogens with one attached hydrogen (secondary N) is 1. The van der Waals surface area contributed by atoms with Gasteiger partial charge in [-0.2, -0.15) is 0 Å². The molecule has 1 aromatic heterocycles. The van der Waals surface area contributed by atoms with E-state index in [0.29, 0.717) is 6.42 Å². The maximum atomic E-state index is 12.9. The van der Waals surface area contributed by atoms with E-state index in [9.17, 15) is 18.8 Å². The van der Waals surface area contributed by atoms with Crippen LogP contribution in [0.4, 0.5) is 4.39 Å². The average molecular weight is 361 g/mol. The van der Waals surface area contributed by atoms with E-state index in [1.165, 1.54) is 12.1 Å². The summed E-state index contributed by atoms with van der Waals surface area (Å²) < 4.78 is 18.4. The SMILES string of the molecule is NCC(=O)NC(=O)c1ncc(C(=O)O)cc1OCCc1ccc(F)cc1. The fourth-order valence-electron chi connectivity index (χ4n) is 2.01. The molecule has 8 nitrogen and oxygen atoms in total. The third-order valence-electron chi connectivity index (χ3n) is 3.31. The molecule has 4 N–H and O–H groups in total. The van der Waals surface area contributed by atoms with Gasteiger partial charge in [-0.05, 0) is 23.8 Å². The molecular weight excluding hydrogens is 345 g/mol. The molecule has 1 heterocycles. The number of pyridine rings is 1. The molecule has 0 aliphatic heterocycles. The summed E-state index contributed by atoms with van der Waals surface area (Å²) in [5, 5.41) is 11.1. The average Bonchev–Trinajstić information content (AvgIpc) is 2.63. The maximum absolute atomic E-state index is 12.9. The van der Waals surface area contributed by atoms with Gasteiger partial charge in [0.05, 0.1) is 18.7 Å². The van der Waals surface area contributed by atoms with Gasteiger partial charge in [0, 0.05) is 12.6 Å². The molecule has 9 heteroatoms. The van der Waals surface area contributed by atoms with Gasteiger partial charge in [0.25, 0.3) is 5.91 Å². The van der Waals surface area contributed by atoms with E-state index < -0.39 is 17.8 Å². The number of carbonyl (C=O) groups excluding carboxylic acids is 2. The summed E-state index contributed by atoms with van der Waals surface area (Å²) in [5.41, 5.74) is 5.51. The molecule has 0 fully saturated rings. The monoisotopic (exact) mass is 361 g/mol. The minimum absolute atomic E-state index is 0.0848. The molecule has 2 amide bonds. The van der Waals surface area contributed by atoms with Crippen LogP contribution in [0.3, 0.4) is 0 Å². The summed E-state index contributed by atoms with van der Waals surface area (Å²) in [4.78, 5) is 38.2. The van der Waals surface area contributed by atoms with Crippen LogP contribution in [0.15, 0.2) is 36.5 Å². The summed E-state index contributed by atoms with van der Waals surface area (Å²) >= 11 is 0. The van der Waals surface area contributed by atoms with Gasteiger partial charge in [-0.25, -0.2) is 14.2 Å². The zero-order valence-corrected chi connectivity index (χ0v) is 13.6. The smallest absolute Gasteiger partial charge is 0.337 e. The van der Waals surface area contributed by atoms with Crippen molar-refractivity contribution in [1.82, 2.24) is 10.3 Å². The van der Waals surface area contributed by atoms with Crippen molar-refractivity contribution in [3.8, 4) is 5.75 Å². The highest BCUT2D eigenvalue weighted by atomic mass is 19.1. The van der Waals surface area contributed by atoms with E-state index in [0.717, 1.165) is 17.8 Å². The number of rotatable bonds is 7. The fraction of sp³-hybridized carbons (Fsp3) is 0.176. The van der Waals surface area contributed by atoms with Crippen LogP contribution < -0.4 is 15.8 Å². The van der Waals surface area contributed by atoms with E-state index >= 15 is 0 Å².